The molecule has 2 rings (SSSR count). The van der Waals surface area contributed by atoms with E-state index in [4.69, 9.17) is 9.15 Å². The molecule has 92 valence electrons. The highest BCUT2D eigenvalue weighted by Crippen LogP contribution is 2.20. The molecule has 1 atom stereocenters. The van der Waals surface area contributed by atoms with Crippen molar-refractivity contribution in [3.05, 3.63) is 60.1 Å². The highest BCUT2D eigenvalue weighted by Gasteiger charge is 2.23. The van der Waals surface area contributed by atoms with Crippen molar-refractivity contribution >= 4 is 11.8 Å². The maximum absolute atomic E-state index is 11.7. The van der Waals surface area contributed by atoms with Crippen LogP contribution in [0.15, 0.2) is 53.1 Å². The number of benzene rings is 1. The van der Waals surface area contributed by atoms with Crippen LogP contribution in [0, 0.1) is 0 Å². The summed E-state index contributed by atoms with van der Waals surface area (Å²) in [4.78, 5) is 23.3. The van der Waals surface area contributed by atoms with Crippen molar-refractivity contribution in [2.75, 3.05) is 0 Å². The van der Waals surface area contributed by atoms with Crippen LogP contribution < -0.4 is 0 Å². The van der Waals surface area contributed by atoms with Gasteiger partial charge in [-0.25, -0.2) is 4.79 Å². The van der Waals surface area contributed by atoms with E-state index in [-0.39, 0.29) is 11.5 Å². The average molecular weight is 244 g/mol. The normalized spacial score (nSPS) is 11.8. The molecule has 0 aliphatic heterocycles. The summed E-state index contributed by atoms with van der Waals surface area (Å²) in [6.45, 7) is 1.38. The van der Waals surface area contributed by atoms with E-state index in [0.717, 1.165) is 0 Å². The summed E-state index contributed by atoms with van der Waals surface area (Å²) < 4.78 is 10.1. The van der Waals surface area contributed by atoms with Crippen molar-refractivity contribution in [3.8, 4) is 0 Å². The molecule has 1 heterocycles. The summed E-state index contributed by atoms with van der Waals surface area (Å²) in [6.07, 6.45) is 0.478. The molecular weight excluding hydrogens is 232 g/mol. The minimum atomic E-state index is -0.899. The van der Waals surface area contributed by atoms with Gasteiger partial charge in [0.15, 0.2) is 11.9 Å². The SMILES string of the molecule is CC(=O)C(OC(=O)c1ccco1)c1ccccc1. The first-order valence-electron chi connectivity index (χ1n) is 5.48. The van der Waals surface area contributed by atoms with Gasteiger partial charge in [0.2, 0.25) is 5.76 Å². The smallest absolute Gasteiger partial charge is 0.375 e. The van der Waals surface area contributed by atoms with Gasteiger partial charge in [-0.3, -0.25) is 4.79 Å². The summed E-state index contributed by atoms with van der Waals surface area (Å²) in [5, 5.41) is 0. The van der Waals surface area contributed by atoms with Crippen LogP contribution in [0.25, 0.3) is 0 Å². The second-order valence-electron chi connectivity index (χ2n) is 3.78. The Bertz CT molecular complexity index is 528. The largest absolute Gasteiger partial charge is 0.457 e. The summed E-state index contributed by atoms with van der Waals surface area (Å²) >= 11 is 0. The molecule has 0 fully saturated rings. The van der Waals surface area contributed by atoms with E-state index in [1.807, 2.05) is 6.07 Å². The lowest BCUT2D eigenvalue weighted by molar-refractivity contribution is -0.126. The molecule has 1 aromatic heterocycles. The predicted octanol–water partition coefficient (Wildman–Crippen LogP) is 2.77. The third-order valence-electron chi connectivity index (χ3n) is 2.42. The van der Waals surface area contributed by atoms with Gasteiger partial charge in [-0.2, -0.15) is 0 Å². The Morgan fingerprint density at radius 1 is 1.11 bits per heavy atom. The van der Waals surface area contributed by atoms with Crippen LogP contribution in [0.4, 0.5) is 0 Å². The summed E-state index contributed by atoms with van der Waals surface area (Å²) in [5.74, 6) is -0.803. The number of carbonyl (C=O) groups is 2. The van der Waals surface area contributed by atoms with Crippen molar-refractivity contribution < 1.29 is 18.7 Å². The van der Waals surface area contributed by atoms with Gasteiger partial charge in [0, 0.05) is 0 Å². The molecule has 0 aliphatic carbocycles. The van der Waals surface area contributed by atoms with Gasteiger partial charge in [-0.15, -0.1) is 0 Å². The van der Waals surface area contributed by atoms with Crippen LogP contribution in [0.2, 0.25) is 0 Å². The number of esters is 1. The highest BCUT2D eigenvalue weighted by atomic mass is 16.6. The zero-order valence-electron chi connectivity index (χ0n) is 9.83. The second kappa shape index (κ2) is 5.31. The fourth-order valence-electron chi connectivity index (χ4n) is 1.57. The first-order valence-corrected chi connectivity index (χ1v) is 5.48. The van der Waals surface area contributed by atoms with E-state index in [9.17, 15) is 9.59 Å². The van der Waals surface area contributed by atoms with Gasteiger partial charge in [0.05, 0.1) is 6.26 Å². The Morgan fingerprint density at radius 2 is 1.83 bits per heavy atom. The Balaban J connectivity index is 2.18. The lowest BCUT2D eigenvalue weighted by atomic mass is 10.1. The molecule has 0 amide bonds. The number of hydrogen-bond acceptors (Lipinski definition) is 4. The van der Waals surface area contributed by atoms with Crippen molar-refractivity contribution in [1.82, 2.24) is 0 Å². The predicted molar refractivity (Wildman–Crippen MR) is 64.0 cm³/mol. The van der Waals surface area contributed by atoms with E-state index >= 15 is 0 Å². The molecule has 0 saturated heterocycles. The maximum atomic E-state index is 11.7. The monoisotopic (exact) mass is 244 g/mol. The molecule has 2 aromatic rings. The van der Waals surface area contributed by atoms with Crippen LogP contribution in [-0.2, 0) is 9.53 Å². The van der Waals surface area contributed by atoms with Crippen molar-refractivity contribution in [2.24, 2.45) is 0 Å². The zero-order chi connectivity index (χ0) is 13.0. The molecule has 1 aromatic carbocycles. The molecule has 18 heavy (non-hydrogen) atoms. The second-order valence-corrected chi connectivity index (χ2v) is 3.78. The van der Waals surface area contributed by atoms with Gasteiger partial charge in [-0.1, -0.05) is 30.3 Å². The molecule has 0 spiro atoms. The Labute approximate surface area is 104 Å². The Hall–Kier alpha value is -2.36. The summed E-state index contributed by atoms with van der Waals surface area (Å²) in [5.41, 5.74) is 0.643. The topological polar surface area (TPSA) is 56.5 Å². The van der Waals surface area contributed by atoms with Crippen molar-refractivity contribution in [2.45, 2.75) is 13.0 Å². The van der Waals surface area contributed by atoms with Crippen LogP contribution in [0.1, 0.15) is 29.1 Å². The molecule has 0 aliphatic rings. The van der Waals surface area contributed by atoms with Crippen LogP contribution >= 0.6 is 0 Å². The molecule has 0 N–H and O–H groups in total. The van der Waals surface area contributed by atoms with Crippen LogP contribution in [0.5, 0.6) is 0 Å². The Morgan fingerprint density at radius 3 is 2.39 bits per heavy atom. The van der Waals surface area contributed by atoms with Gasteiger partial charge in [-0.05, 0) is 24.6 Å². The number of furan rings is 1. The third kappa shape index (κ3) is 2.66. The maximum Gasteiger partial charge on any atom is 0.375 e. The number of hydrogen-bond donors (Lipinski definition) is 0. The Kier molecular flexibility index (Phi) is 3.57. The quantitative estimate of drug-likeness (QED) is 0.776. The molecule has 1 unspecified atom stereocenters. The fourth-order valence-corrected chi connectivity index (χ4v) is 1.57. The van der Waals surface area contributed by atoms with E-state index in [0.29, 0.717) is 5.56 Å². The number of carbonyl (C=O) groups excluding carboxylic acids is 2. The number of Topliss-reactive ketones (excluding diaryl/α,β-unsaturated/α-hetero) is 1. The molecular formula is C14H12O4. The minimum absolute atomic E-state index is 0.0807. The minimum Gasteiger partial charge on any atom is -0.457 e. The van der Waals surface area contributed by atoms with E-state index < -0.39 is 12.1 Å². The van der Waals surface area contributed by atoms with Gasteiger partial charge in [0.1, 0.15) is 0 Å². The van der Waals surface area contributed by atoms with Gasteiger partial charge < -0.3 is 9.15 Å². The molecule has 0 saturated carbocycles. The third-order valence-corrected chi connectivity index (χ3v) is 2.42. The molecule has 0 radical (unpaired) electrons. The molecule has 4 heteroatoms. The standard InChI is InChI=1S/C14H12O4/c1-10(15)13(11-6-3-2-4-7-11)18-14(16)12-8-5-9-17-12/h2-9,13H,1H3. The lowest BCUT2D eigenvalue weighted by Gasteiger charge is -2.14. The highest BCUT2D eigenvalue weighted by molar-refractivity contribution is 5.90. The number of ketones is 1. The summed E-state index contributed by atoms with van der Waals surface area (Å²) in [6, 6.07) is 11.9. The van der Waals surface area contributed by atoms with Gasteiger partial charge >= 0.3 is 5.97 Å². The number of rotatable bonds is 4. The van der Waals surface area contributed by atoms with Crippen molar-refractivity contribution in [3.63, 3.8) is 0 Å². The first kappa shape index (κ1) is 12.1. The van der Waals surface area contributed by atoms with Crippen LogP contribution in [0.3, 0.4) is 0 Å². The van der Waals surface area contributed by atoms with E-state index in [1.165, 1.54) is 19.3 Å². The van der Waals surface area contributed by atoms with Gasteiger partial charge in [0.25, 0.3) is 0 Å². The van der Waals surface area contributed by atoms with Crippen LogP contribution in [-0.4, -0.2) is 11.8 Å². The van der Waals surface area contributed by atoms with E-state index in [2.05, 4.69) is 0 Å². The average Bonchev–Trinajstić information content (AvgIpc) is 2.90. The fraction of sp³-hybridized carbons (Fsp3) is 0.143. The lowest BCUT2D eigenvalue weighted by Crippen LogP contribution is -2.17. The number of ether oxygens (including phenoxy) is 1. The summed E-state index contributed by atoms with van der Waals surface area (Å²) in [7, 11) is 0. The molecule has 0 bridgehead atoms. The first-order chi connectivity index (χ1) is 8.68. The van der Waals surface area contributed by atoms with E-state index in [1.54, 1.807) is 30.3 Å². The zero-order valence-corrected chi connectivity index (χ0v) is 9.83. The molecule has 4 nitrogen and oxygen atoms in total. The van der Waals surface area contributed by atoms with Crippen molar-refractivity contribution in [1.29, 1.82) is 0 Å².